The van der Waals surface area contributed by atoms with Crippen LogP contribution in [0.5, 0.6) is 5.88 Å². The number of carboxylic acid groups (broad SMARTS) is 2. The molecular formula is C25H16N4Na4O12S2. The molecule has 1 aliphatic heterocycles. The summed E-state index contributed by atoms with van der Waals surface area (Å²) in [6, 6.07) is 9.89. The van der Waals surface area contributed by atoms with E-state index >= 15 is 0 Å². The van der Waals surface area contributed by atoms with Gasteiger partial charge < -0.3 is 29.5 Å². The fourth-order valence-electron chi connectivity index (χ4n) is 4.06. The van der Waals surface area contributed by atoms with Crippen molar-refractivity contribution in [3.63, 3.8) is 0 Å². The summed E-state index contributed by atoms with van der Waals surface area (Å²) in [4.78, 5) is 35.0. The molecule has 3 aromatic rings. The average molecular weight is 721 g/mol. The Morgan fingerprint density at radius 1 is 0.851 bits per heavy atom. The second kappa shape index (κ2) is 18.7. The van der Waals surface area contributed by atoms with Crippen LogP contribution in [0.2, 0.25) is 0 Å². The van der Waals surface area contributed by atoms with E-state index in [1.807, 2.05) is 0 Å². The third-order valence-electron chi connectivity index (χ3n) is 5.93. The van der Waals surface area contributed by atoms with Crippen molar-refractivity contribution in [2.45, 2.75) is 22.9 Å². The fraction of sp³-hybridized carbons (Fsp3) is 0.0800. The number of amides is 1. The maximum atomic E-state index is 12.9. The van der Waals surface area contributed by atoms with Gasteiger partial charge in [0.1, 0.15) is 21.5 Å². The van der Waals surface area contributed by atoms with Gasteiger partial charge in [-0.3, -0.25) is 14.0 Å². The number of allylic oxidation sites excluding steroid dienone is 2. The number of nitrogens with zero attached hydrogens (tertiary/aromatic N) is 4. The summed E-state index contributed by atoms with van der Waals surface area (Å²) in [5, 5.41) is 44.1. The zero-order valence-corrected chi connectivity index (χ0v) is 34.9. The molecule has 0 aliphatic carbocycles. The monoisotopic (exact) mass is 720 g/mol. The van der Waals surface area contributed by atoms with Gasteiger partial charge in [0.15, 0.2) is 0 Å². The topological polar surface area (TPSA) is 265 Å². The zero-order chi connectivity index (χ0) is 31.7. The van der Waals surface area contributed by atoms with E-state index in [2.05, 4.69) is 10.2 Å². The maximum absolute atomic E-state index is 12.9. The van der Waals surface area contributed by atoms with Gasteiger partial charge in [0.2, 0.25) is 0 Å². The van der Waals surface area contributed by atoms with Crippen LogP contribution in [0.1, 0.15) is 27.2 Å². The molecule has 47 heavy (non-hydrogen) atoms. The van der Waals surface area contributed by atoms with E-state index in [0.29, 0.717) is 9.69 Å². The second-order valence-corrected chi connectivity index (χ2v) is 11.4. The number of aromatic nitrogens is 2. The van der Waals surface area contributed by atoms with Crippen LogP contribution in [0.15, 0.2) is 81.1 Å². The molecule has 2 heterocycles. The van der Waals surface area contributed by atoms with E-state index in [-0.39, 0.29) is 129 Å². The van der Waals surface area contributed by atoms with Gasteiger partial charge in [0.25, 0.3) is 16.0 Å². The predicted octanol–water partition coefficient (Wildman–Crippen LogP) is -14.4. The number of benzene rings is 2. The molecule has 1 aliphatic rings. The predicted molar refractivity (Wildman–Crippen MR) is 136 cm³/mol. The number of hydrazone groups is 1. The molecule has 1 amide bonds. The minimum absolute atomic E-state index is 0. The van der Waals surface area contributed by atoms with E-state index in [1.165, 1.54) is 36.4 Å². The van der Waals surface area contributed by atoms with E-state index < -0.39 is 89.4 Å². The van der Waals surface area contributed by atoms with Crippen LogP contribution in [0.25, 0.3) is 6.08 Å². The second-order valence-electron chi connectivity index (χ2n) is 8.70. The van der Waals surface area contributed by atoms with Gasteiger partial charge in [-0.1, -0.05) is 48.6 Å². The van der Waals surface area contributed by atoms with Gasteiger partial charge in [0, 0.05) is 5.56 Å². The molecule has 0 fully saturated rings. The number of carbonyl (C=O) groups excluding carboxylic acids is 3. The van der Waals surface area contributed by atoms with Gasteiger partial charge in [-0.25, -0.2) is 13.4 Å². The van der Waals surface area contributed by atoms with Crippen LogP contribution in [-0.2, 0) is 42.9 Å². The summed E-state index contributed by atoms with van der Waals surface area (Å²) < 4.78 is 68.0. The Morgan fingerprint density at radius 2 is 1.38 bits per heavy atom. The van der Waals surface area contributed by atoms with E-state index in [1.54, 1.807) is 0 Å². The van der Waals surface area contributed by atoms with Crippen LogP contribution in [0.4, 0.5) is 0 Å². The first-order chi connectivity index (χ1) is 20.1. The summed E-state index contributed by atoms with van der Waals surface area (Å²) in [6.07, 6.45) is 2.68. The third kappa shape index (κ3) is 10.9. The minimum atomic E-state index is -4.95. The molecule has 2 aromatic carbocycles. The summed E-state index contributed by atoms with van der Waals surface area (Å²) in [7, 11) is -9.65. The number of carbonyl (C=O) groups is 3. The van der Waals surface area contributed by atoms with Crippen LogP contribution in [-0.4, -0.2) is 64.3 Å². The minimum Gasteiger partial charge on any atom is -0.858 e. The van der Waals surface area contributed by atoms with Crippen LogP contribution < -0.4 is 134 Å². The van der Waals surface area contributed by atoms with Crippen LogP contribution in [0.3, 0.4) is 0 Å². The van der Waals surface area contributed by atoms with E-state index in [9.17, 15) is 55.6 Å². The molecule has 224 valence electrons. The molecule has 1 aromatic heterocycles. The Bertz CT molecular complexity index is 2000. The van der Waals surface area contributed by atoms with Crippen molar-refractivity contribution in [2.75, 3.05) is 0 Å². The Hall–Kier alpha value is -1.17. The molecule has 16 nitrogen and oxygen atoms in total. The van der Waals surface area contributed by atoms with Gasteiger partial charge in [0.05, 0.1) is 40.4 Å². The normalized spacial score (nSPS) is 13.7. The smallest absolute Gasteiger partial charge is 0.858 e. The van der Waals surface area contributed by atoms with Crippen molar-refractivity contribution < 1.29 is 174 Å². The Kier molecular flexibility index (Phi) is 18.3. The first kappa shape index (κ1) is 45.8. The number of aliphatic carboxylic acids is 1. The summed E-state index contributed by atoms with van der Waals surface area (Å²) >= 11 is 0. The fourth-order valence-corrected chi connectivity index (χ4v) is 5.48. The first-order valence-electron chi connectivity index (χ1n) is 11.7. The quantitative estimate of drug-likeness (QED) is 0.116. The Labute approximate surface area is 356 Å². The van der Waals surface area contributed by atoms with Gasteiger partial charge in [-0.2, -0.15) is 18.6 Å². The number of aromatic carboxylic acids is 1. The van der Waals surface area contributed by atoms with Crippen molar-refractivity contribution in [3.8, 4) is 5.88 Å². The largest absolute Gasteiger partial charge is 1.00 e. The summed E-state index contributed by atoms with van der Waals surface area (Å²) in [5.74, 6) is -5.88. The Morgan fingerprint density at radius 3 is 1.89 bits per heavy atom. The zero-order valence-electron chi connectivity index (χ0n) is 25.3. The van der Waals surface area contributed by atoms with Gasteiger partial charge >= 0.3 is 118 Å². The molecule has 22 heteroatoms. The van der Waals surface area contributed by atoms with E-state index in [0.717, 1.165) is 30.4 Å². The van der Waals surface area contributed by atoms with Gasteiger partial charge in [-0.15, -0.1) is 0 Å². The molecule has 0 spiro atoms. The van der Waals surface area contributed by atoms with Crippen LogP contribution >= 0.6 is 0 Å². The van der Waals surface area contributed by atoms with Crippen LogP contribution in [0, 0.1) is 0 Å². The van der Waals surface area contributed by atoms with E-state index in [4.69, 9.17) is 0 Å². The third-order valence-corrected chi connectivity index (χ3v) is 7.82. The van der Waals surface area contributed by atoms with Crippen molar-refractivity contribution >= 4 is 49.9 Å². The van der Waals surface area contributed by atoms with Crippen molar-refractivity contribution in [1.82, 2.24) is 14.8 Å². The molecule has 0 unspecified atom stereocenters. The molecule has 0 radical (unpaired) electrons. The van der Waals surface area contributed by atoms with Crippen molar-refractivity contribution in [3.05, 3.63) is 88.6 Å². The SMILES string of the molecule is O=C([O-])C1=NN(Cc2ccccc2S(=O)(=O)O)C(=O)/C1=C\C=C\c1c(C(=O)[O-])nn(Cc2ccccc2S(=O)(=O)[O-])c1[O-].[Na+].[Na+].[Na+].[Na+]. The average Bonchev–Trinajstić information content (AvgIpc) is 3.40. The standard InChI is InChI=1S/C25H20N4O12S2.4Na/c30-22-16(20(24(32)33)26-28(22)12-14-6-1-3-10-18(14)42(36,37)38)8-5-9-17-21(25(34)35)27-29(23(17)31)13-15-7-2-4-11-19(15)43(39,40)41;;;;/h1-11,30H,12-13H2,(H,32,33)(H,34,35)(H,36,37,38)(H,39,40,41);;;;/q;4*+1/p-4/b8-5+,17-9-;;;;. The summed E-state index contributed by atoms with van der Waals surface area (Å²) in [5.41, 5.74) is -3.16. The Balaban J connectivity index is 0.00000529. The molecule has 4 rings (SSSR count). The maximum Gasteiger partial charge on any atom is 1.00 e. The summed E-state index contributed by atoms with van der Waals surface area (Å²) in [6.45, 7) is -1.18. The van der Waals surface area contributed by atoms with Crippen molar-refractivity contribution in [2.24, 2.45) is 5.10 Å². The molecular weight excluding hydrogens is 704 g/mol. The molecule has 1 N–H and O–H groups in total. The number of carboxylic acids is 2. The molecule has 0 saturated carbocycles. The van der Waals surface area contributed by atoms with Gasteiger partial charge in [-0.05, 0) is 35.2 Å². The first-order valence-corrected chi connectivity index (χ1v) is 14.5. The number of rotatable bonds is 10. The number of hydrogen-bond donors (Lipinski definition) is 1. The molecule has 0 saturated heterocycles. The molecule has 0 bridgehead atoms. The van der Waals surface area contributed by atoms with Crippen molar-refractivity contribution in [1.29, 1.82) is 0 Å². The number of hydrogen-bond acceptors (Lipinski definition) is 13. The molecule has 0 atom stereocenters.